The van der Waals surface area contributed by atoms with Gasteiger partial charge in [0.2, 0.25) is 0 Å². The summed E-state index contributed by atoms with van der Waals surface area (Å²) in [5.41, 5.74) is 7.98. The van der Waals surface area contributed by atoms with Crippen molar-refractivity contribution < 1.29 is 0 Å². The lowest BCUT2D eigenvalue weighted by Crippen LogP contribution is -2.04. The number of thioether (sulfide) groups is 1. The van der Waals surface area contributed by atoms with Gasteiger partial charge in [0.25, 0.3) is 0 Å². The predicted molar refractivity (Wildman–Crippen MR) is 69.8 cm³/mol. The van der Waals surface area contributed by atoms with Crippen LogP contribution in [0, 0.1) is 6.92 Å². The summed E-state index contributed by atoms with van der Waals surface area (Å²) in [4.78, 5) is 0. The zero-order chi connectivity index (χ0) is 11.5. The maximum atomic E-state index is 6.11. The van der Waals surface area contributed by atoms with Crippen molar-refractivity contribution in [3.8, 4) is 0 Å². The molecule has 0 atom stereocenters. The summed E-state index contributed by atoms with van der Waals surface area (Å²) in [7, 11) is 0. The van der Waals surface area contributed by atoms with Crippen LogP contribution in [-0.2, 0) is 6.54 Å². The van der Waals surface area contributed by atoms with E-state index in [9.17, 15) is 0 Å². The fraction of sp³-hybridized carbons (Fsp3) is 0.750. The smallest absolute Gasteiger partial charge is 0.118 e. The first-order valence-electron chi connectivity index (χ1n) is 6.22. The van der Waals surface area contributed by atoms with Crippen LogP contribution < -0.4 is 5.73 Å². The molecule has 0 spiro atoms. The zero-order valence-corrected chi connectivity index (χ0v) is 11.0. The van der Waals surface area contributed by atoms with Crippen LogP contribution in [0.5, 0.6) is 0 Å². The van der Waals surface area contributed by atoms with Gasteiger partial charge in [-0.05, 0) is 26.2 Å². The molecule has 3 nitrogen and oxygen atoms in total. The molecular weight excluding hydrogens is 218 g/mol. The topological polar surface area (TPSA) is 43.8 Å². The Morgan fingerprint density at radius 1 is 1.44 bits per heavy atom. The third-order valence-electron chi connectivity index (χ3n) is 3.14. The number of rotatable bonds is 4. The molecule has 4 heteroatoms. The molecule has 0 saturated heterocycles. The number of nitrogens with two attached hydrogens (primary N) is 1. The van der Waals surface area contributed by atoms with Crippen LogP contribution >= 0.6 is 11.8 Å². The summed E-state index contributed by atoms with van der Waals surface area (Å²) in [6.07, 6.45) is 6.52. The Morgan fingerprint density at radius 3 is 2.75 bits per heavy atom. The monoisotopic (exact) mass is 239 g/mol. The second kappa shape index (κ2) is 5.13. The molecule has 2 rings (SSSR count). The van der Waals surface area contributed by atoms with E-state index in [4.69, 9.17) is 5.73 Å². The minimum Gasteiger partial charge on any atom is -0.395 e. The van der Waals surface area contributed by atoms with Gasteiger partial charge in [0.15, 0.2) is 0 Å². The summed E-state index contributed by atoms with van der Waals surface area (Å²) >= 11 is 1.94. The van der Waals surface area contributed by atoms with Gasteiger partial charge in [0, 0.05) is 11.8 Å². The van der Waals surface area contributed by atoms with Gasteiger partial charge in [-0.3, -0.25) is 4.68 Å². The van der Waals surface area contributed by atoms with Crippen LogP contribution in [0.25, 0.3) is 0 Å². The van der Waals surface area contributed by atoms with Crippen molar-refractivity contribution in [3.63, 3.8) is 0 Å². The molecule has 1 fully saturated rings. The van der Waals surface area contributed by atoms with E-state index in [1.54, 1.807) is 0 Å². The highest BCUT2D eigenvalue weighted by atomic mass is 32.2. The lowest BCUT2D eigenvalue weighted by atomic mass is 10.4. The molecule has 16 heavy (non-hydrogen) atoms. The van der Waals surface area contributed by atoms with Crippen molar-refractivity contribution in [1.82, 2.24) is 9.78 Å². The summed E-state index contributed by atoms with van der Waals surface area (Å²) in [6.45, 7) is 5.16. The van der Waals surface area contributed by atoms with Gasteiger partial charge in [0.1, 0.15) is 5.03 Å². The van der Waals surface area contributed by atoms with E-state index in [0.717, 1.165) is 29.6 Å². The van der Waals surface area contributed by atoms with Gasteiger partial charge in [-0.25, -0.2) is 0 Å². The first-order chi connectivity index (χ1) is 7.72. The third kappa shape index (κ3) is 2.37. The van der Waals surface area contributed by atoms with Crippen molar-refractivity contribution in [1.29, 1.82) is 0 Å². The van der Waals surface area contributed by atoms with Gasteiger partial charge in [-0.1, -0.05) is 19.8 Å². The van der Waals surface area contributed by atoms with E-state index >= 15 is 0 Å². The minimum absolute atomic E-state index is 0.758. The molecular formula is C12H21N3S. The second-order valence-electron chi connectivity index (χ2n) is 4.55. The van der Waals surface area contributed by atoms with Crippen LogP contribution in [0.3, 0.4) is 0 Å². The molecule has 1 aromatic heterocycles. The highest BCUT2D eigenvalue weighted by Crippen LogP contribution is 2.38. The molecule has 0 radical (unpaired) electrons. The molecule has 0 unspecified atom stereocenters. The molecule has 0 amide bonds. The first kappa shape index (κ1) is 11.8. The average molecular weight is 239 g/mol. The largest absolute Gasteiger partial charge is 0.395 e. The van der Waals surface area contributed by atoms with Gasteiger partial charge in [-0.2, -0.15) is 5.10 Å². The van der Waals surface area contributed by atoms with E-state index in [2.05, 4.69) is 16.7 Å². The molecule has 0 bridgehead atoms. The van der Waals surface area contributed by atoms with Crippen LogP contribution in [-0.4, -0.2) is 15.0 Å². The van der Waals surface area contributed by atoms with E-state index in [1.165, 1.54) is 30.7 Å². The van der Waals surface area contributed by atoms with Gasteiger partial charge in [-0.15, -0.1) is 11.8 Å². The molecule has 0 aliphatic heterocycles. The molecule has 1 heterocycles. The maximum Gasteiger partial charge on any atom is 0.118 e. The summed E-state index contributed by atoms with van der Waals surface area (Å²) in [5, 5.41) is 6.47. The number of aromatic nitrogens is 2. The normalized spacial score (nSPS) is 17.1. The molecule has 1 saturated carbocycles. The minimum atomic E-state index is 0.758. The Hall–Kier alpha value is -0.640. The van der Waals surface area contributed by atoms with E-state index in [-0.39, 0.29) is 0 Å². The summed E-state index contributed by atoms with van der Waals surface area (Å²) in [5.74, 6) is 0. The molecule has 90 valence electrons. The van der Waals surface area contributed by atoms with E-state index < -0.39 is 0 Å². The van der Waals surface area contributed by atoms with Gasteiger partial charge < -0.3 is 5.73 Å². The number of hydrogen-bond donors (Lipinski definition) is 1. The molecule has 2 N–H and O–H groups in total. The Labute approximate surface area is 102 Å². The van der Waals surface area contributed by atoms with Crippen molar-refractivity contribution in [3.05, 3.63) is 5.69 Å². The van der Waals surface area contributed by atoms with E-state index in [1.807, 2.05) is 18.7 Å². The van der Waals surface area contributed by atoms with Crippen LogP contribution in [0.2, 0.25) is 0 Å². The van der Waals surface area contributed by atoms with Crippen molar-refractivity contribution in [2.24, 2.45) is 0 Å². The number of nitrogens with zero attached hydrogens (tertiary/aromatic N) is 2. The lowest BCUT2D eigenvalue weighted by molar-refractivity contribution is 0.555. The van der Waals surface area contributed by atoms with Crippen molar-refractivity contribution in [2.45, 2.75) is 62.8 Å². The van der Waals surface area contributed by atoms with E-state index in [0.29, 0.717) is 0 Å². The Bertz CT molecular complexity index is 353. The number of nitrogen functional groups attached to an aromatic ring is 1. The van der Waals surface area contributed by atoms with Crippen LogP contribution in [0.1, 0.15) is 44.7 Å². The van der Waals surface area contributed by atoms with Gasteiger partial charge in [0.05, 0.1) is 11.4 Å². The fourth-order valence-corrected chi connectivity index (χ4v) is 3.64. The lowest BCUT2D eigenvalue weighted by Gasteiger charge is -2.11. The van der Waals surface area contributed by atoms with Gasteiger partial charge >= 0.3 is 0 Å². The Morgan fingerprint density at radius 2 is 2.12 bits per heavy atom. The second-order valence-corrected chi connectivity index (χ2v) is 5.84. The van der Waals surface area contributed by atoms with Crippen LogP contribution in [0.4, 0.5) is 5.69 Å². The summed E-state index contributed by atoms with van der Waals surface area (Å²) < 4.78 is 2.09. The SMILES string of the molecule is CCCn1nc(C)c(N)c1SC1CCCC1. The number of aryl methyl sites for hydroxylation is 2. The number of hydrogen-bond acceptors (Lipinski definition) is 3. The molecule has 1 aliphatic carbocycles. The Balaban J connectivity index is 2.16. The highest BCUT2D eigenvalue weighted by Gasteiger charge is 2.21. The Kier molecular flexibility index (Phi) is 3.79. The van der Waals surface area contributed by atoms with Crippen molar-refractivity contribution >= 4 is 17.4 Å². The van der Waals surface area contributed by atoms with Crippen molar-refractivity contribution in [2.75, 3.05) is 5.73 Å². The quantitative estimate of drug-likeness (QED) is 0.877. The molecule has 0 aromatic carbocycles. The molecule has 1 aliphatic rings. The maximum absolute atomic E-state index is 6.11. The third-order valence-corrected chi connectivity index (χ3v) is 4.60. The average Bonchev–Trinajstić information content (AvgIpc) is 2.84. The number of anilines is 1. The standard InChI is InChI=1S/C12H21N3S/c1-3-8-15-12(11(13)9(2)14-15)16-10-6-4-5-7-10/h10H,3-8,13H2,1-2H3. The predicted octanol–water partition coefficient (Wildman–Crippen LogP) is 3.22. The zero-order valence-electron chi connectivity index (χ0n) is 10.2. The highest BCUT2D eigenvalue weighted by molar-refractivity contribution is 8.00. The van der Waals surface area contributed by atoms with Crippen LogP contribution in [0.15, 0.2) is 5.03 Å². The first-order valence-corrected chi connectivity index (χ1v) is 7.10. The molecule has 1 aromatic rings. The summed E-state index contributed by atoms with van der Waals surface area (Å²) in [6, 6.07) is 0. The fourth-order valence-electron chi connectivity index (χ4n) is 2.23.